The van der Waals surface area contributed by atoms with Gasteiger partial charge in [0.2, 0.25) is 5.13 Å². The molecule has 0 aliphatic heterocycles. The number of aliphatic carboxylic acids is 1. The summed E-state index contributed by atoms with van der Waals surface area (Å²) in [6, 6.07) is 8.19. The Morgan fingerprint density at radius 3 is 2.52 bits per heavy atom. The molecule has 1 heterocycles. The molecular formula is C14H17N3O2S2. The first kappa shape index (κ1) is 15.8. The maximum absolute atomic E-state index is 10.5. The third-order valence-electron chi connectivity index (χ3n) is 2.73. The number of rotatable bonds is 5. The molecule has 0 fully saturated rings. The number of nitrogens with zero attached hydrogens (tertiary/aromatic N) is 2. The van der Waals surface area contributed by atoms with E-state index < -0.39 is 5.97 Å². The second-order valence-electron chi connectivity index (χ2n) is 5.51. The van der Waals surface area contributed by atoms with E-state index in [1.165, 1.54) is 28.7 Å². The van der Waals surface area contributed by atoms with Crippen molar-refractivity contribution in [2.75, 3.05) is 11.1 Å². The van der Waals surface area contributed by atoms with Crippen molar-refractivity contribution in [1.82, 2.24) is 10.2 Å². The van der Waals surface area contributed by atoms with Gasteiger partial charge in [-0.1, -0.05) is 56.0 Å². The minimum absolute atomic E-state index is 0.00505. The lowest BCUT2D eigenvalue weighted by atomic mass is 9.87. The summed E-state index contributed by atoms with van der Waals surface area (Å²) in [7, 11) is 0. The third kappa shape index (κ3) is 4.71. The molecule has 0 bridgehead atoms. The molecule has 0 aliphatic carbocycles. The van der Waals surface area contributed by atoms with Crippen LogP contribution in [0.3, 0.4) is 0 Å². The molecule has 2 aromatic rings. The number of carboxylic acid groups (broad SMARTS) is 1. The second-order valence-corrected chi connectivity index (χ2v) is 7.71. The fourth-order valence-electron chi connectivity index (χ4n) is 1.62. The number of hydrogen-bond acceptors (Lipinski definition) is 6. The number of nitrogens with one attached hydrogen (secondary N) is 1. The summed E-state index contributed by atoms with van der Waals surface area (Å²) >= 11 is 2.52. The predicted molar refractivity (Wildman–Crippen MR) is 86.7 cm³/mol. The van der Waals surface area contributed by atoms with Crippen molar-refractivity contribution in [3.63, 3.8) is 0 Å². The summed E-state index contributed by atoms with van der Waals surface area (Å²) in [4.78, 5) is 10.5. The van der Waals surface area contributed by atoms with Crippen LogP contribution in [0.15, 0.2) is 28.6 Å². The quantitative estimate of drug-likeness (QED) is 0.816. The summed E-state index contributed by atoms with van der Waals surface area (Å²) in [5.74, 6) is -0.864. The molecule has 0 radical (unpaired) electrons. The van der Waals surface area contributed by atoms with Gasteiger partial charge in [-0.2, -0.15) is 0 Å². The van der Waals surface area contributed by atoms with Crippen molar-refractivity contribution < 1.29 is 9.90 Å². The Bertz CT molecular complexity index is 618. The number of thioether (sulfide) groups is 1. The molecule has 0 saturated heterocycles. The van der Waals surface area contributed by atoms with Crippen LogP contribution in [0, 0.1) is 0 Å². The van der Waals surface area contributed by atoms with Crippen LogP contribution in [0.5, 0.6) is 0 Å². The number of aromatic nitrogens is 2. The average molecular weight is 323 g/mol. The van der Waals surface area contributed by atoms with E-state index in [2.05, 4.69) is 48.4 Å². The first-order valence-corrected chi connectivity index (χ1v) is 8.20. The zero-order valence-corrected chi connectivity index (χ0v) is 13.7. The van der Waals surface area contributed by atoms with Gasteiger partial charge < -0.3 is 10.4 Å². The lowest BCUT2D eigenvalue weighted by Crippen LogP contribution is -2.10. The Kier molecular flexibility index (Phi) is 4.84. The number of carboxylic acids is 1. The van der Waals surface area contributed by atoms with Gasteiger partial charge >= 0.3 is 5.97 Å². The van der Waals surface area contributed by atoms with Gasteiger partial charge in [0.05, 0.1) is 5.75 Å². The maximum Gasteiger partial charge on any atom is 0.313 e. The summed E-state index contributed by atoms with van der Waals surface area (Å²) < 4.78 is 0.645. The predicted octanol–water partition coefficient (Wildman–Crippen LogP) is 3.76. The lowest BCUT2D eigenvalue weighted by molar-refractivity contribution is -0.133. The number of carbonyl (C=O) groups is 1. The zero-order valence-electron chi connectivity index (χ0n) is 12.1. The standard InChI is InChI=1S/C14H17N3O2S2/c1-14(2,3)9-4-6-10(7-5-9)15-12-16-17-13(21-12)20-8-11(18)19/h4-7H,8H2,1-3H3,(H,15,16)(H,18,19). The fraction of sp³-hybridized carbons (Fsp3) is 0.357. The minimum atomic E-state index is -0.859. The van der Waals surface area contributed by atoms with Crippen LogP contribution in [-0.4, -0.2) is 27.0 Å². The highest BCUT2D eigenvalue weighted by molar-refractivity contribution is 8.01. The van der Waals surface area contributed by atoms with E-state index in [1.54, 1.807) is 0 Å². The Balaban J connectivity index is 2.00. The molecule has 0 amide bonds. The van der Waals surface area contributed by atoms with Gasteiger partial charge in [-0.15, -0.1) is 10.2 Å². The summed E-state index contributed by atoms with van der Waals surface area (Å²) in [6.45, 7) is 6.52. The van der Waals surface area contributed by atoms with E-state index in [-0.39, 0.29) is 11.2 Å². The molecule has 1 aromatic heterocycles. The van der Waals surface area contributed by atoms with E-state index in [4.69, 9.17) is 5.11 Å². The van der Waals surface area contributed by atoms with E-state index in [0.29, 0.717) is 9.47 Å². The summed E-state index contributed by atoms with van der Waals surface area (Å²) in [5.41, 5.74) is 2.33. The number of hydrogen-bond donors (Lipinski definition) is 2. The van der Waals surface area contributed by atoms with Crippen LogP contribution in [0.4, 0.5) is 10.8 Å². The molecule has 2 N–H and O–H groups in total. The fourth-order valence-corrected chi connectivity index (χ4v) is 3.11. The van der Waals surface area contributed by atoms with Gasteiger partial charge in [-0.25, -0.2) is 0 Å². The first-order valence-electron chi connectivity index (χ1n) is 6.40. The molecule has 0 aliphatic rings. The Labute approximate surface area is 131 Å². The van der Waals surface area contributed by atoms with Crippen molar-refractivity contribution in [3.8, 4) is 0 Å². The monoisotopic (exact) mass is 323 g/mol. The largest absolute Gasteiger partial charge is 0.481 e. The van der Waals surface area contributed by atoms with Gasteiger partial charge in [0.15, 0.2) is 4.34 Å². The molecule has 7 heteroatoms. The lowest BCUT2D eigenvalue weighted by Gasteiger charge is -2.19. The Morgan fingerprint density at radius 1 is 1.29 bits per heavy atom. The van der Waals surface area contributed by atoms with Crippen LogP contribution in [0.2, 0.25) is 0 Å². The maximum atomic E-state index is 10.5. The summed E-state index contributed by atoms with van der Waals surface area (Å²) in [5, 5.41) is 20.4. The highest BCUT2D eigenvalue weighted by atomic mass is 32.2. The van der Waals surface area contributed by atoms with Gasteiger partial charge in [0.25, 0.3) is 0 Å². The Hall–Kier alpha value is -1.60. The van der Waals surface area contributed by atoms with Crippen LogP contribution in [0.1, 0.15) is 26.3 Å². The molecule has 2 rings (SSSR count). The van der Waals surface area contributed by atoms with E-state index in [1.807, 2.05) is 12.1 Å². The van der Waals surface area contributed by atoms with Gasteiger partial charge in [0.1, 0.15) is 0 Å². The molecule has 5 nitrogen and oxygen atoms in total. The van der Waals surface area contributed by atoms with E-state index in [9.17, 15) is 4.79 Å². The molecule has 0 atom stereocenters. The third-order valence-corrected chi connectivity index (χ3v) is 4.68. The van der Waals surface area contributed by atoms with Gasteiger partial charge in [-0.3, -0.25) is 4.79 Å². The SMILES string of the molecule is CC(C)(C)c1ccc(Nc2nnc(SCC(=O)O)s2)cc1. The topological polar surface area (TPSA) is 75.1 Å². The van der Waals surface area contributed by atoms with Gasteiger partial charge in [0, 0.05) is 5.69 Å². The van der Waals surface area contributed by atoms with Crippen LogP contribution in [0.25, 0.3) is 0 Å². The molecule has 0 spiro atoms. The smallest absolute Gasteiger partial charge is 0.313 e. The van der Waals surface area contributed by atoms with Crippen LogP contribution in [-0.2, 0) is 10.2 Å². The molecular weight excluding hydrogens is 306 g/mol. The van der Waals surface area contributed by atoms with Crippen molar-refractivity contribution in [1.29, 1.82) is 0 Å². The molecule has 0 saturated carbocycles. The molecule has 112 valence electrons. The van der Waals surface area contributed by atoms with Crippen molar-refractivity contribution >= 4 is 39.9 Å². The summed E-state index contributed by atoms with van der Waals surface area (Å²) in [6.07, 6.45) is 0. The minimum Gasteiger partial charge on any atom is -0.481 e. The van der Waals surface area contributed by atoms with Crippen molar-refractivity contribution in [2.24, 2.45) is 0 Å². The molecule has 0 unspecified atom stereocenters. The average Bonchev–Trinajstić information content (AvgIpc) is 2.83. The van der Waals surface area contributed by atoms with E-state index in [0.717, 1.165) is 5.69 Å². The number of anilines is 2. The highest BCUT2D eigenvalue weighted by Crippen LogP contribution is 2.29. The van der Waals surface area contributed by atoms with Crippen LogP contribution >= 0.6 is 23.1 Å². The second kappa shape index (κ2) is 6.44. The van der Waals surface area contributed by atoms with E-state index >= 15 is 0 Å². The Morgan fingerprint density at radius 2 is 1.95 bits per heavy atom. The molecule has 21 heavy (non-hydrogen) atoms. The van der Waals surface area contributed by atoms with Crippen molar-refractivity contribution in [3.05, 3.63) is 29.8 Å². The number of benzene rings is 1. The van der Waals surface area contributed by atoms with Crippen molar-refractivity contribution in [2.45, 2.75) is 30.5 Å². The normalized spacial score (nSPS) is 11.4. The van der Waals surface area contributed by atoms with Crippen LogP contribution < -0.4 is 5.32 Å². The highest BCUT2D eigenvalue weighted by Gasteiger charge is 2.13. The first-order chi connectivity index (χ1) is 9.84. The van der Waals surface area contributed by atoms with Gasteiger partial charge in [-0.05, 0) is 23.1 Å². The molecule has 1 aromatic carbocycles. The zero-order chi connectivity index (χ0) is 15.5.